The van der Waals surface area contributed by atoms with E-state index in [9.17, 15) is 19.2 Å². The van der Waals surface area contributed by atoms with E-state index < -0.39 is 42.1 Å². The minimum atomic E-state index is -0.808. The van der Waals surface area contributed by atoms with Crippen LogP contribution in [0.15, 0.2) is 18.2 Å². The van der Waals surface area contributed by atoms with Crippen molar-refractivity contribution in [3.63, 3.8) is 0 Å². The lowest BCUT2D eigenvalue weighted by Gasteiger charge is -2.40. The molecule has 0 aromatic heterocycles. The van der Waals surface area contributed by atoms with Crippen LogP contribution in [0.5, 0.6) is 11.5 Å². The van der Waals surface area contributed by atoms with E-state index in [0.29, 0.717) is 30.2 Å². The number of carbonyl (C=O) groups excluding carboxylic acids is 4. The van der Waals surface area contributed by atoms with Gasteiger partial charge in [0.2, 0.25) is 0 Å². The Labute approximate surface area is 216 Å². The smallest absolute Gasteiger partial charge is 0.303 e. The molecule has 0 bridgehead atoms. The van der Waals surface area contributed by atoms with Crippen LogP contribution in [0.2, 0.25) is 0 Å². The number of hydrogen-bond acceptors (Lipinski definition) is 10. The van der Waals surface area contributed by atoms with E-state index in [-0.39, 0.29) is 24.7 Å². The number of carbonyl (C=O) groups is 4. The van der Waals surface area contributed by atoms with Crippen molar-refractivity contribution in [1.29, 1.82) is 0 Å². The maximum Gasteiger partial charge on any atom is 0.303 e. The predicted octanol–water partition coefficient (Wildman–Crippen LogP) is 3.27. The van der Waals surface area contributed by atoms with Gasteiger partial charge >= 0.3 is 17.9 Å². The third-order valence-corrected chi connectivity index (χ3v) is 5.81. The average Bonchev–Trinajstić information content (AvgIpc) is 2.78. The van der Waals surface area contributed by atoms with Gasteiger partial charge in [-0.3, -0.25) is 19.2 Å². The number of benzene rings is 1. The highest BCUT2D eigenvalue weighted by Crippen LogP contribution is 2.36. The zero-order chi connectivity index (χ0) is 26.8. The largest absolute Gasteiger partial charge is 0.486 e. The molecule has 1 aliphatic carbocycles. The molecule has 11 heteroatoms. The molecule has 1 N–H and O–H groups in total. The Morgan fingerprint density at radius 2 is 1.69 bits per heavy atom. The molecule has 36 heavy (non-hydrogen) atoms. The highest BCUT2D eigenvalue weighted by Gasteiger charge is 2.43. The van der Waals surface area contributed by atoms with Gasteiger partial charge in [0.05, 0.1) is 6.61 Å². The van der Waals surface area contributed by atoms with E-state index in [1.54, 1.807) is 12.1 Å². The molecule has 0 heterocycles. The average molecular weight is 526 g/mol. The van der Waals surface area contributed by atoms with Crippen LogP contribution in [0.1, 0.15) is 64.2 Å². The van der Waals surface area contributed by atoms with E-state index in [4.69, 9.17) is 23.1 Å². The van der Waals surface area contributed by atoms with Gasteiger partial charge in [0.25, 0.3) is 5.91 Å². The SMILES string of the molecule is CC(=O)OC[C@H]1CC(Oc2ccc(C(=O)NCCC(C)C)cc2OS)C[C@@H](OC(C)=O)[C@H]1OC(C)=O. The number of rotatable bonds is 11. The predicted molar refractivity (Wildman–Crippen MR) is 133 cm³/mol. The first-order valence-corrected chi connectivity index (χ1v) is 12.2. The molecule has 0 aliphatic heterocycles. The monoisotopic (exact) mass is 525 g/mol. The van der Waals surface area contributed by atoms with E-state index >= 15 is 0 Å². The summed E-state index contributed by atoms with van der Waals surface area (Å²) in [6.07, 6.45) is -0.698. The van der Waals surface area contributed by atoms with Crippen LogP contribution in [0.4, 0.5) is 0 Å². The molecule has 1 amide bonds. The number of amides is 1. The molecule has 0 spiro atoms. The molecule has 200 valence electrons. The van der Waals surface area contributed by atoms with Crippen molar-refractivity contribution >= 4 is 36.7 Å². The normalized spacial score (nSPS) is 21.3. The van der Waals surface area contributed by atoms with E-state index in [1.165, 1.54) is 26.8 Å². The van der Waals surface area contributed by atoms with Crippen LogP contribution in [-0.4, -0.2) is 55.3 Å². The van der Waals surface area contributed by atoms with Gasteiger partial charge in [-0.05, 0) is 37.0 Å². The maximum absolute atomic E-state index is 12.5. The second-order valence-corrected chi connectivity index (χ2v) is 9.37. The summed E-state index contributed by atoms with van der Waals surface area (Å²) < 4.78 is 27.3. The molecule has 1 fully saturated rings. The minimum Gasteiger partial charge on any atom is -0.486 e. The fourth-order valence-electron chi connectivity index (χ4n) is 4.01. The standard InChI is InChI=1S/C25H35NO9S/c1-14(2)8-9-26-25(30)18-6-7-21(22(11-18)35-36)34-20-10-19(13-31-15(3)27)24(33-17(5)29)23(12-20)32-16(4)28/h6-7,11,14,19-20,23-24,36H,8-10,12-13H2,1-5H3,(H,26,30)/t19-,20?,23-,24+/m1/s1. The summed E-state index contributed by atoms with van der Waals surface area (Å²) in [4.78, 5) is 47.3. The Balaban J connectivity index is 2.21. The molecule has 0 radical (unpaired) electrons. The Morgan fingerprint density at radius 1 is 1.00 bits per heavy atom. The van der Waals surface area contributed by atoms with Gasteiger partial charge in [0.1, 0.15) is 18.3 Å². The molecule has 10 nitrogen and oxygen atoms in total. The van der Waals surface area contributed by atoms with Gasteiger partial charge < -0.3 is 28.4 Å². The molecule has 1 unspecified atom stereocenters. The molecule has 4 atom stereocenters. The number of thiol groups is 1. The van der Waals surface area contributed by atoms with Gasteiger partial charge in [-0.15, -0.1) is 0 Å². The van der Waals surface area contributed by atoms with Gasteiger partial charge in [0.15, 0.2) is 11.5 Å². The lowest BCUT2D eigenvalue weighted by Crippen LogP contribution is -2.50. The maximum atomic E-state index is 12.5. The second kappa shape index (κ2) is 14.0. The van der Waals surface area contributed by atoms with Crippen molar-refractivity contribution in [3.05, 3.63) is 23.8 Å². The first-order chi connectivity index (χ1) is 17.0. The third-order valence-electron chi connectivity index (χ3n) is 5.62. The molecule has 0 saturated heterocycles. The number of esters is 3. The van der Waals surface area contributed by atoms with Crippen molar-refractivity contribution in [1.82, 2.24) is 5.32 Å². The Hall–Kier alpha value is -2.95. The van der Waals surface area contributed by atoms with Crippen molar-refractivity contribution in [2.75, 3.05) is 13.2 Å². The topological polar surface area (TPSA) is 126 Å². The van der Waals surface area contributed by atoms with Crippen LogP contribution in [-0.2, 0) is 28.6 Å². The molecular weight excluding hydrogens is 490 g/mol. The fraction of sp³-hybridized carbons (Fsp3) is 0.600. The summed E-state index contributed by atoms with van der Waals surface area (Å²) >= 11 is 3.90. The van der Waals surface area contributed by atoms with Gasteiger partial charge in [-0.2, -0.15) is 0 Å². The molecule has 1 saturated carbocycles. The number of ether oxygens (including phenoxy) is 4. The van der Waals surface area contributed by atoms with Crippen molar-refractivity contribution in [3.8, 4) is 11.5 Å². The quantitative estimate of drug-likeness (QED) is 0.194. The van der Waals surface area contributed by atoms with Crippen LogP contribution in [0.25, 0.3) is 0 Å². The Morgan fingerprint density at radius 3 is 2.28 bits per heavy atom. The van der Waals surface area contributed by atoms with Gasteiger partial charge in [0, 0.05) is 58.1 Å². The summed E-state index contributed by atoms with van der Waals surface area (Å²) in [5.74, 6) is -1.27. The summed E-state index contributed by atoms with van der Waals surface area (Å²) in [5, 5.41) is 2.86. The summed E-state index contributed by atoms with van der Waals surface area (Å²) in [5.41, 5.74) is 0.388. The van der Waals surface area contributed by atoms with Gasteiger partial charge in [-0.25, -0.2) is 0 Å². The summed E-state index contributed by atoms with van der Waals surface area (Å²) in [6.45, 7) is 8.45. The zero-order valence-corrected chi connectivity index (χ0v) is 22.2. The molecule has 1 aromatic carbocycles. The van der Waals surface area contributed by atoms with Crippen molar-refractivity contribution in [2.45, 2.75) is 72.2 Å². The Bertz CT molecular complexity index is 936. The molecule has 2 rings (SSSR count). The first kappa shape index (κ1) is 29.3. The summed E-state index contributed by atoms with van der Waals surface area (Å²) in [7, 11) is 0. The minimum absolute atomic E-state index is 0.0453. The highest BCUT2D eigenvalue weighted by molar-refractivity contribution is 7.75. The molecule has 1 aliphatic rings. The number of hydrogen-bond donors (Lipinski definition) is 2. The lowest BCUT2D eigenvalue weighted by atomic mass is 9.82. The molecule has 1 aromatic rings. The second-order valence-electron chi connectivity index (χ2n) is 9.19. The third kappa shape index (κ3) is 9.25. The van der Waals surface area contributed by atoms with Crippen molar-refractivity contribution in [2.24, 2.45) is 11.8 Å². The van der Waals surface area contributed by atoms with Crippen LogP contribution < -0.4 is 14.2 Å². The zero-order valence-electron chi connectivity index (χ0n) is 21.3. The van der Waals surface area contributed by atoms with E-state index in [1.807, 2.05) is 0 Å². The van der Waals surface area contributed by atoms with E-state index in [0.717, 1.165) is 6.42 Å². The van der Waals surface area contributed by atoms with Crippen LogP contribution in [0.3, 0.4) is 0 Å². The lowest BCUT2D eigenvalue weighted by molar-refractivity contribution is -0.183. The number of nitrogens with one attached hydrogen (secondary N) is 1. The first-order valence-electron chi connectivity index (χ1n) is 11.9. The summed E-state index contributed by atoms with van der Waals surface area (Å²) in [6, 6.07) is 4.74. The fourth-order valence-corrected chi connectivity index (χ4v) is 4.16. The Kier molecular flexibility index (Phi) is 11.4. The van der Waals surface area contributed by atoms with Crippen LogP contribution in [0, 0.1) is 11.8 Å². The van der Waals surface area contributed by atoms with Crippen molar-refractivity contribution < 1.29 is 42.3 Å². The highest BCUT2D eigenvalue weighted by atomic mass is 32.1. The van der Waals surface area contributed by atoms with Crippen LogP contribution >= 0.6 is 12.9 Å². The van der Waals surface area contributed by atoms with Gasteiger partial charge in [-0.1, -0.05) is 13.8 Å². The molecular formula is C25H35NO9S. The van der Waals surface area contributed by atoms with E-state index in [2.05, 4.69) is 32.1 Å².